The van der Waals surface area contributed by atoms with Crippen LogP contribution in [0, 0.1) is 12.8 Å². The van der Waals surface area contributed by atoms with Crippen LogP contribution < -0.4 is 4.90 Å². The lowest BCUT2D eigenvalue weighted by Crippen LogP contribution is -2.23. The first-order valence-electron chi connectivity index (χ1n) is 8.16. The highest BCUT2D eigenvalue weighted by Crippen LogP contribution is 2.33. The third-order valence-electron chi connectivity index (χ3n) is 4.65. The van der Waals surface area contributed by atoms with E-state index in [1.165, 1.54) is 18.5 Å². The molecule has 1 aromatic heterocycles. The molecule has 1 saturated carbocycles. The summed E-state index contributed by atoms with van der Waals surface area (Å²) in [5, 5.41) is 10.8. The fourth-order valence-corrected chi connectivity index (χ4v) is 3.23. The molecule has 1 N–H and O–H groups in total. The van der Waals surface area contributed by atoms with Gasteiger partial charge in [0.2, 0.25) is 0 Å². The van der Waals surface area contributed by atoms with Gasteiger partial charge in [-0.15, -0.1) is 0 Å². The molecule has 0 spiro atoms. The van der Waals surface area contributed by atoms with Crippen LogP contribution in [0.2, 0.25) is 0 Å². The highest BCUT2D eigenvalue weighted by atomic mass is 16.5. The first-order valence-corrected chi connectivity index (χ1v) is 8.16. The Morgan fingerprint density at radius 2 is 2.14 bits per heavy atom. The van der Waals surface area contributed by atoms with Crippen LogP contribution in [-0.2, 0) is 4.74 Å². The Morgan fingerprint density at radius 1 is 1.27 bits per heavy atom. The van der Waals surface area contributed by atoms with Gasteiger partial charge in [0.15, 0.2) is 0 Å². The quantitative estimate of drug-likeness (QED) is 0.941. The smallest absolute Gasteiger partial charge is 0.117 e. The molecule has 0 unspecified atom stereocenters. The summed E-state index contributed by atoms with van der Waals surface area (Å²) < 4.78 is 6.04. The van der Waals surface area contributed by atoms with Gasteiger partial charge in [0, 0.05) is 42.5 Å². The van der Waals surface area contributed by atoms with Gasteiger partial charge in [0.25, 0.3) is 0 Å². The van der Waals surface area contributed by atoms with Gasteiger partial charge < -0.3 is 14.7 Å². The molecule has 4 heteroatoms. The Hall–Kier alpha value is -1.81. The molecule has 2 aromatic rings. The monoisotopic (exact) mass is 298 g/mol. The summed E-state index contributed by atoms with van der Waals surface area (Å²) in [6, 6.07) is 7.58. The Morgan fingerprint density at radius 3 is 2.95 bits per heavy atom. The summed E-state index contributed by atoms with van der Waals surface area (Å²) in [4.78, 5) is 6.93. The van der Waals surface area contributed by atoms with E-state index in [0.29, 0.717) is 6.10 Å². The van der Waals surface area contributed by atoms with E-state index >= 15 is 0 Å². The molecular formula is C18H22N2O2. The van der Waals surface area contributed by atoms with Crippen molar-refractivity contribution >= 4 is 16.6 Å². The Bertz CT molecular complexity index is 692. The Kier molecular flexibility index (Phi) is 3.41. The summed E-state index contributed by atoms with van der Waals surface area (Å²) in [6.45, 7) is 4.91. The van der Waals surface area contributed by atoms with Crippen molar-refractivity contribution in [3.05, 3.63) is 30.0 Å². The number of aryl methyl sites for hydroxylation is 1. The van der Waals surface area contributed by atoms with Gasteiger partial charge in [-0.25, -0.2) is 0 Å². The van der Waals surface area contributed by atoms with Gasteiger partial charge >= 0.3 is 0 Å². The number of pyridine rings is 1. The number of phenols is 1. The Balaban J connectivity index is 1.57. The van der Waals surface area contributed by atoms with Crippen molar-refractivity contribution in [1.29, 1.82) is 0 Å². The van der Waals surface area contributed by atoms with E-state index in [1.54, 1.807) is 12.1 Å². The molecule has 1 aliphatic heterocycles. The molecule has 4 rings (SSSR count). The second-order valence-corrected chi connectivity index (χ2v) is 6.62. The van der Waals surface area contributed by atoms with Crippen LogP contribution in [0.4, 0.5) is 5.69 Å². The van der Waals surface area contributed by atoms with Crippen molar-refractivity contribution in [2.75, 3.05) is 24.6 Å². The molecule has 0 bridgehead atoms. The summed E-state index contributed by atoms with van der Waals surface area (Å²) in [7, 11) is 0. The minimum absolute atomic E-state index is 0.267. The predicted octanol–water partition coefficient (Wildman–Crippen LogP) is 3.25. The van der Waals surface area contributed by atoms with Crippen LogP contribution in [0.1, 0.15) is 25.0 Å². The molecule has 4 nitrogen and oxygen atoms in total. The zero-order valence-corrected chi connectivity index (χ0v) is 13.0. The van der Waals surface area contributed by atoms with E-state index < -0.39 is 0 Å². The molecule has 1 atom stereocenters. The minimum Gasteiger partial charge on any atom is -0.508 e. The number of benzene rings is 1. The van der Waals surface area contributed by atoms with Crippen molar-refractivity contribution in [2.45, 2.75) is 32.3 Å². The fourth-order valence-electron chi connectivity index (χ4n) is 3.23. The number of ether oxygens (including phenoxy) is 1. The van der Waals surface area contributed by atoms with Crippen LogP contribution >= 0.6 is 0 Å². The van der Waals surface area contributed by atoms with Gasteiger partial charge in [0.1, 0.15) is 5.75 Å². The van der Waals surface area contributed by atoms with Crippen molar-refractivity contribution in [3.63, 3.8) is 0 Å². The molecule has 22 heavy (non-hydrogen) atoms. The van der Waals surface area contributed by atoms with Crippen LogP contribution in [0.15, 0.2) is 24.3 Å². The lowest BCUT2D eigenvalue weighted by molar-refractivity contribution is 0.0605. The molecular weight excluding hydrogens is 276 g/mol. The van der Waals surface area contributed by atoms with E-state index in [0.717, 1.165) is 48.6 Å². The first-order chi connectivity index (χ1) is 10.7. The number of nitrogens with zero attached hydrogens (tertiary/aromatic N) is 2. The number of anilines is 1. The van der Waals surface area contributed by atoms with Gasteiger partial charge in [-0.3, -0.25) is 4.98 Å². The molecule has 2 heterocycles. The maximum Gasteiger partial charge on any atom is 0.117 e. The fraction of sp³-hybridized carbons (Fsp3) is 0.500. The SMILES string of the molecule is Cc1cc(N2CC[C@H](OCC3CC3)C2)c2ccc(O)cc2n1. The highest BCUT2D eigenvalue weighted by molar-refractivity contribution is 5.92. The van der Waals surface area contributed by atoms with Gasteiger partial charge in [-0.1, -0.05) is 0 Å². The summed E-state index contributed by atoms with van der Waals surface area (Å²) in [5.74, 6) is 1.09. The maximum absolute atomic E-state index is 9.67. The average Bonchev–Trinajstić information content (AvgIpc) is 3.20. The summed E-state index contributed by atoms with van der Waals surface area (Å²) in [5.41, 5.74) is 3.05. The van der Waals surface area contributed by atoms with Gasteiger partial charge in [-0.05, 0) is 50.3 Å². The second kappa shape index (κ2) is 5.43. The molecule has 1 aromatic carbocycles. The number of hydrogen-bond donors (Lipinski definition) is 1. The number of fused-ring (bicyclic) bond motifs is 1. The van der Waals surface area contributed by atoms with E-state index in [1.807, 2.05) is 13.0 Å². The zero-order valence-electron chi connectivity index (χ0n) is 13.0. The molecule has 0 radical (unpaired) electrons. The molecule has 1 saturated heterocycles. The number of phenolic OH excluding ortho intramolecular Hbond substituents is 1. The zero-order chi connectivity index (χ0) is 15.1. The summed E-state index contributed by atoms with van der Waals surface area (Å²) in [6.07, 6.45) is 4.12. The third-order valence-corrected chi connectivity index (χ3v) is 4.65. The van der Waals surface area contributed by atoms with Crippen molar-refractivity contribution in [3.8, 4) is 5.75 Å². The number of aromatic nitrogens is 1. The minimum atomic E-state index is 0.267. The van der Waals surface area contributed by atoms with Crippen LogP contribution in [-0.4, -0.2) is 35.9 Å². The molecule has 2 aliphatic rings. The molecule has 0 amide bonds. The maximum atomic E-state index is 9.67. The van der Waals surface area contributed by atoms with Crippen molar-refractivity contribution in [1.82, 2.24) is 4.98 Å². The third kappa shape index (κ3) is 2.75. The van der Waals surface area contributed by atoms with E-state index in [4.69, 9.17) is 4.74 Å². The molecule has 2 fully saturated rings. The second-order valence-electron chi connectivity index (χ2n) is 6.62. The van der Waals surface area contributed by atoms with Crippen LogP contribution in [0.5, 0.6) is 5.75 Å². The lowest BCUT2D eigenvalue weighted by atomic mass is 10.1. The number of hydrogen-bond acceptors (Lipinski definition) is 4. The number of rotatable bonds is 4. The first kappa shape index (κ1) is 13.8. The van der Waals surface area contributed by atoms with Crippen LogP contribution in [0.25, 0.3) is 10.9 Å². The Labute approximate surface area is 130 Å². The normalized spacial score (nSPS) is 21.7. The number of aromatic hydroxyl groups is 1. The van der Waals surface area contributed by atoms with Crippen LogP contribution in [0.3, 0.4) is 0 Å². The average molecular weight is 298 g/mol. The van der Waals surface area contributed by atoms with Crippen molar-refractivity contribution < 1.29 is 9.84 Å². The van der Waals surface area contributed by atoms with E-state index in [9.17, 15) is 5.11 Å². The van der Waals surface area contributed by atoms with Gasteiger partial charge in [-0.2, -0.15) is 0 Å². The topological polar surface area (TPSA) is 45.6 Å². The predicted molar refractivity (Wildman–Crippen MR) is 87.4 cm³/mol. The van der Waals surface area contributed by atoms with Crippen molar-refractivity contribution in [2.24, 2.45) is 5.92 Å². The lowest BCUT2D eigenvalue weighted by Gasteiger charge is -2.21. The molecule has 1 aliphatic carbocycles. The van der Waals surface area contributed by atoms with E-state index in [2.05, 4.69) is 16.0 Å². The molecule has 116 valence electrons. The standard InChI is InChI=1S/C18H22N2O2/c1-12-8-18(16-5-4-14(21)9-17(16)19-12)20-7-6-15(10-20)22-11-13-2-3-13/h4-5,8-9,13,15,21H,2-3,6-7,10-11H2,1H3/t15-/m0/s1. The van der Waals surface area contributed by atoms with E-state index in [-0.39, 0.29) is 5.75 Å². The largest absolute Gasteiger partial charge is 0.508 e. The highest BCUT2D eigenvalue weighted by Gasteiger charge is 2.28. The van der Waals surface area contributed by atoms with Gasteiger partial charge in [0.05, 0.1) is 11.6 Å². The summed E-state index contributed by atoms with van der Waals surface area (Å²) >= 11 is 0.